The number of hydrogen-bond acceptors (Lipinski definition) is 4. The van der Waals surface area contributed by atoms with Crippen LogP contribution in [0.15, 0.2) is 59.6 Å². The zero-order valence-corrected chi connectivity index (χ0v) is 20.3. The Morgan fingerprint density at radius 1 is 1.15 bits per heavy atom. The highest BCUT2D eigenvalue weighted by atomic mass is 35.5. The number of piperidine rings is 1. The topological polar surface area (TPSA) is 62.6 Å². The molecule has 3 heterocycles. The summed E-state index contributed by atoms with van der Waals surface area (Å²) >= 11 is 6.96. The van der Waals surface area contributed by atoms with Gasteiger partial charge in [0.25, 0.3) is 11.1 Å². The molecular formula is C26H24ClN3O3S. The number of rotatable bonds is 4. The lowest BCUT2D eigenvalue weighted by atomic mass is 10.0. The van der Waals surface area contributed by atoms with E-state index in [9.17, 15) is 14.4 Å². The second-order valence-electron chi connectivity index (χ2n) is 8.66. The van der Waals surface area contributed by atoms with Crippen LogP contribution in [0.2, 0.25) is 5.02 Å². The minimum Gasteiger partial charge on any atom is -0.338 e. The number of halogens is 1. The van der Waals surface area contributed by atoms with Crippen molar-refractivity contribution < 1.29 is 14.4 Å². The third-order valence-corrected chi connectivity index (χ3v) is 7.50. The van der Waals surface area contributed by atoms with E-state index >= 15 is 0 Å². The highest BCUT2D eigenvalue weighted by molar-refractivity contribution is 8.19. The van der Waals surface area contributed by atoms with Crippen LogP contribution in [0.5, 0.6) is 0 Å². The molecule has 0 spiro atoms. The van der Waals surface area contributed by atoms with Gasteiger partial charge < -0.3 is 9.47 Å². The van der Waals surface area contributed by atoms with Crippen molar-refractivity contribution in [2.45, 2.75) is 38.8 Å². The van der Waals surface area contributed by atoms with Crippen molar-refractivity contribution in [3.8, 4) is 0 Å². The molecular weight excluding hydrogens is 470 g/mol. The Hall–Kier alpha value is -3.03. The number of carbonyl (C=O) groups is 3. The first-order valence-corrected chi connectivity index (χ1v) is 12.5. The number of amides is 3. The smallest absolute Gasteiger partial charge is 0.298 e. The summed E-state index contributed by atoms with van der Waals surface area (Å²) in [5.41, 5.74) is 2.16. The van der Waals surface area contributed by atoms with Crippen molar-refractivity contribution in [1.29, 1.82) is 0 Å². The van der Waals surface area contributed by atoms with Gasteiger partial charge in [0.1, 0.15) is 6.54 Å². The number of carbonyl (C=O) groups excluding carboxylic acids is 3. The van der Waals surface area contributed by atoms with Crippen LogP contribution >= 0.6 is 23.4 Å². The van der Waals surface area contributed by atoms with E-state index < -0.39 is 0 Å². The number of thioether (sulfide) groups is 1. The van der Waals surface area contributed by atoms with Crippen LogP contribution in [0.3, 0.4) is 0 Å². The maximum atomic E-state index is 13.1. The number of anilines is 1. The van der Waals surface area contributed by atoms with Gasteiger partial charge in [0.15, 0.2) is 0 Å². The van der Waals surface area contributed by atoms with Gasteiger partial charge in [0.05, 0.1) is 10.6 Å². The molecule has 8 heteroatoms. The van der Waals surface area contributed by atoms with Gasteiger partial charge in [-0.1, -0.05) is 35.9 Å². The lowest BCUT2D eigenvalue weighted by Gasteiger charge is -2.33. The van der Waals surface area contributed by atoms with E-state index in [1.54, 1.807) is 30.3 Å². The maximum absolute atomic E-state index is 13.1. The van der Waals surface area contributed by atoms with Gasteiger partial charge in [-0.15, -0.1) is 0 Å². The second-order valence-corrected chi connectivity index (χ2v) is 10.1. The van der Waals surface area contributed by atoms with Crippen molar-refractivity contribution in [3.05, 3.63) is 70.2 Å². The maximum Gasteiger partial charge on any atom is 0.298 e. The fourth-order valence-electron chi connectivity index (χ4n) is 4.67. The first-order valence-electron chi connectivity index (χ1n) is 11.3. The van der Waals surface area contributed by atoms with Crippen molar-refractivity contribution >= 4 is 63.1 Å². The number of aromatic nitrogens is 1. The number of imide groups is 1. The van der Waals surface area contributed by atoms with E-state index in [1.807, 2.05) is 39.9 Å². The summed E-state index contributed by atoms with van der Waals surface area (Å²) in [6.07, 6.45) is 6.86. The minimum absolute atomic E-state index is 0.0979. The molecule has 2 saturated heterocycles. The summed E-state index contributed by atoms with van der Waals surface area (Å²) in [5, 5.41) is 1.02. The number of hydrogen-bond donors (Lipinski definition) is 0. The number of nitrogens with zero attached hydrogens (tertiary/aromatic N) is 3. The van der Waals surface area contributed by atoms with Crippen molar-refractivity contribution in [1.82, 2.24) is 9.47 Å². The molecule has 3 amide bonds. The standard InChI is InChI=1S/C26H24ClN3O3S/c1-17-7-4-5-12-29(17)24(31)16-28-15-18(21-10-2-3-11-22(21)28)13-23-25(32)30(26(33)34-23)20-9-6-8-19(27)14-20/h2-3,6,8-11,13-15,17H,4-5,7,12,16H2,1H3/b23-13-/t17-/m0/s1. The van der Waals surface area contributed by atoms with Gasteiger partial charge in [-0.2, -0.15) is 0 Å². The zero-order chi connectivity index (χ0) is 23.8. The minimum atomic E-state index is -0.382. The fourth-order valence-corrected chi connectivity index (χ4v) is 5.69. The molecule has 0 aliphatic carbocycles. The van der Waals surface area contributed by atoms with Gasteiger partial charge in [0, 0.05) is 40.3 Å². The van der Waals surface area contributed by atoms with Gasteiger partial charge in [-0.3, -0.25) is 14.4 Å². The summed E-state index contributed by atoms with van der Waals surface area (Å²) in [6, 6.07) is 14.7. The lowest BCUT2D eigenvalue weighted by Crippen LogP contribution is -2.43. The molecule has 5 rings (SSSR count). The molecule has 1 aromatic heterocycles. The molecule has 2 fully saturated rings. The predicted molar refractivity (Wildman–Crippen MR) is 137 cm³/mol. The summed E-state index contributed by atoms with van der Waals surface area (Å²) in [7, 11) is 0. The van der Waals surface area contributed by atoms with Crippen LogP contribution in [0.4, 0.5) is 10.5 Å². The van der Waals surface area contributed by atoms with Gasteiger partial charge in [-0.05, 0) is 68.3 Å². The number of fused-ring (bicyclic) bond motifs is 1. The van der Waals surface area contributed by atoms with Crippen molar-refractivity contribution in [3.63, 3.8) is 0 Å². The third-order valence-electron chi connectivity index (χ3n) is 6.40. The highest BCUT2D eigenvalue weighted by Gasteiger charge is 2.36. The molecule has 0 bridgehead atoms. The van der Waals surface area contributed by atoms with E-state index in [1.165, 1.54) is 0 Å². The number of benzene rings is 2. The third kappa shape index (κ3) is 4.26. The molecule has 1 atom stereocenters. The van der Waals surface area contributed by atoms with Crippen LogP contribution < -0.4 is 4.90 Å². The van der Waals surface area contributed by atoms with E-state index in [0.717, 1.165) is 58.9 Å². The first kappa shape index (κ1) is 22.7. The molecule has 0 saturated carbocycles. The van der Waals surface area contributed by atoms with E-state index in [4.69, 9.17) is 11.6 Å². The number of likely N-dealkylation sites (tertiary alicyclic amines) is 1. The average molecular weight is 494 g/mol. The first-order chi connectivity index (χ1) is 16.4. The summed E-state index contributed by atoms with van der Waals surface area (Å²) in [4.78, 5) is 42.3. The Morgan fingerprint density at radius 2 is 1.97 bits per heavy atom. The summed E-state index contributed by atoms with van der Waals surface area (Å²) in [6.45, 7) is 3.14. The van der Waals surface area contributed by atoms with Crippen LogP contribution in [-0.2, 0) is 16.1 Å². The molecule has 0 N–H and O–H groups in total. The summed E-state index contributed by atoms with van der Waals surface area (Å²) in [5.74, 6) is -0.284. The quantitative estimate of drug-likeness (QED) is 0.422. The second kappa shape index (κ2) is 9.31. The Morgan fingerprint density at radius 3 is 2.76 bits per heavy atom. The lowest BCUT2D eigenvalue weighted by molar-refractivity contribution is -0.135. The average Bonchev–Trinajstić information content (AvgIpc) is 3.30. The van der Waals surface area contributed by atoms with Crippen LogP contribution in [0, 0.1) is 0 Å². The number of para-hydroxylation sites is 1. The van der Waals surface area contributed by atoms with Crippen molar-refractivity contribution in [2.24, 2.45) is 0 Å². The molecule has 3 aromatic rings. The van der Waals surface area contributed by atoms with Gasteiger partial charge in [-0.25, -0.2) is 4.90 Å². The van der Waals surface area contributed by atoms with E-state index in [2.05, 4.69) is 6.92 Å². The monoisotopic (exact) mass is 493 g/mol. The zero-order valence-electron chi connectivity index (χ0n) is 18.7. The molecule has 2 aliphatic heterocycles. The molecule has 0 unspecified atom stereocenters. The largest absolute Gasteiger partial charge is 0.338 e. The normalized spacial score (nSPS) is 20.1. The van der Waals surface area contributed by atoms with Crippen LogP contribution in [0.1, 0.15) is 31.7 Å². The Kier molecular flexibility index (Phi) is 6.23. The molecule has 2 aromatic carbocycles. The highest BCUT2D eigenvalue weighted by Crippen LogP contribution is 2.37. The van der Waals surface area contributed by atoms with E-state index in [-0.39, 0.29) is 29.6 Å². The van der Waals surface area contributed by atoms with Gasteiger partial charge >= 0.3 is 0 Å². The molecule has 6 nitrogen and oxygen atoms in total. The fraction of sp³-hybridized carbons (Fsp3) is 0.269. The van der Waals surface area contributed by atoms with Crippen LogP contribution in [-0.4, -0.2) is 39.1 Å². The molecule has 174 valence electrons. The predicted octanol–water partition coefficient (Wildman–Crippen LogP) is 5.94. The van der Waals surface area contributed by atoms with E-state index in [0.29, 0.717) is 15.6 Å². The molecule has 0 radical (unpaired) electrons. The Labute approximate surface area is 207 Å². The Bertz CT molecular complexity index is 1330. The molecule has 34 heavy (non-hydrogen) atoms. The SMILES string of the molecule is C[C@H]1CCCCN1C(=O)Cn1cc(/C=C2\SC(=O)N(c3cccc(Cl)c3)C2=O)c2ccccc21. The van der Waals surface area contributed by atoms with Gasteiger partial charge in [0.2, 0.25) is 5.91 Å². The Balaban J connectivity index is 1.46. The van der Waals surface area contributed by atoms with Crippen molar-refractivity contribution in [2.75, 3.05) is 11.4 Å². The molecule has 2 aliphatic rings. The van der Waals surface area contributed by atoms with Crippen LogP contribution in [0.25, 0.3) is 17.0 Å². The summed E-state index contributed by atoms with van der Waals surface area (Å²) < 4.78 is 1.94.